The Labute approximate surface area is 176 Å². The lowest BCUT2D eigenvalue weighted by Crippen LogP contribution is -2.51. The molecule has 31 heavy (non-hydrogen) atoms. The van der Waals surface area contributed by atoms with Gasteiger partial charge >= 0.3 is 18.6 Å². The summed E-state index contributed by atoms with van der Waals surface area (Å²) in [5, 5.41) is 6.65. The van der Waals surface area contributed by atoms with E-state index in [4.69, 9.17) is 0 Å². The molecule has 1 N–H and O–H groups in total. The van der Waals surface area contributed by atoms with Gasteiger partial charge in [0.05, 0.1) is 12.7 Å². The molecule has 3 amide bonds. The number of halogens is 2. The molecule has 1 fully saturated rings. The molecule has 3 rings (SSSR count). The minimum absolute atomic E-state index is 0.0320. The number of benzene rings is 1. The summed E-state index contributed by atoms with van der Waals surface area (Å²) in [6.45, 7) is -2.16. The average molecular weight is 437 g/mol. The van der Waals surface area contributed by atoms with Crippen LogP contribution in [0.25, 0.3) is 0 Å². The quantitative estimate of drug-likeness (QED) is 0.715. The van der Waals surface area contributed by atoms with Gasteiger partial charge in [-0.25, -0.2) is 9.59 Å². The van der Waals surface area contributed by atoms with Crippen LogP contribution in [0.1, 0.15) is 20.8 Å². The van der Waals surface area contributed by atoms with Crippen LogP contribution in [0.3, 0.4) is 0 Å². The number of ether oxygens (including phenoxy) is 2. The van der Waals surface area contributed by atoms with Gasteiger partial charge in [0.25, 0.3) is 5.91 Å². The maximum atomic E-state index is 12.7. The van der Waals surface area contributed by atoms with Crippen LogP contribution < -0.4 is 10.1 Å². The standard InChI is InChI=1S/C19H21F2N5O5/c1-24-13(17(28)30-2)11-15(23-24)22-19(29)26-9-7-25(8-10-26)16(27)12-5-3-4-6-14(12)31-18(20)21/h3-6,11,18H,7-10H2,1-2H3,(H,22,23,29). The number of urea groups is 1. The molecular weight excluding hydrogens is 416 g/mol. The Morgan fingerprint density at radius 3 is 2.39 bits per heavy atom. The highest BCUT2D eigenvalue weighted by atomic mass is 19.3. The smallest absolute Gasteiger partial charge is 0.387 e. The van der Waals surface area contributed by atoms with Crippen molar-refractivity contribution < 1.29 is 32.6 Å². The number of carbonyl (C=O) groups is 3. The summed E-state index contributed by atoms with van der Waals surface area (Å²) in [4.78, 5) is 39.8. The molecule has 2 heterocycles. The minimum atomic E-state index is -3.04. The monoisotopic (exact) mass is 437 g/mol. The summed E-state index contributed by atoms with van der Waals surface area (Å²) in [5.74, 6) is -1.05. The van der Waals surface area contributed by atoms with E-state index in [1.54, 1.807) is 13.1 Å². The number of nitrogens with zero attached hydrogens (tertiary/aromatic N) is 4. The molecular formula is C19H21F2N5O5. The van der Waals surface area contributed by atoms with E-state index in [-0.39, 0.29) is 49.0 Å². The first kappa shape index (κ1) is 22.0. The number of nitrogens with one attached hydrogen (secondary N) is 1. The van der Waals surface area contributed by atoms with Gasteiger partial charge in [-0.3, -0.25) is 14.8 Å². The third kappa shape index (κ3) is 5.08. The van der Waals surface area contributed by atoms with Gasteiger partial charge in [-0.2, -0.15) is 13.9 Å². The van der Waals surface area contributed by atoms with E-state index < -0.39 is 24.5 Å². The lowest BCUT2D eigenvalue weighted by Gasteiger charge is -2.34. The fourth-order valence-electron chi connectivity index (χ4n) is 3.14. The second-order valence-corrected chi connectivity index (χ2v) is 6.61. The summed E-state index contributed by atoms with van der Waals surface area (Å²) in [6, 6.07) is 6.73. The predicted octanol–water partition coefficient (Wildman–Crippen LogP) is 1.80. The summed E-state index contributed by atoms with van der Waals surface area (Å²) in [7, 11) is 2.79. The van der Waals surface area contributed by atoms with Crippen LogP contribution in [0.4, 0.5) is 19.4 Å². The molecule has 0 saturated carbocycles. The molecule has 1 aromatic carbocycles. The zero-order chi connectivity index (χ0) is 22.5. The largest absolute Gasteiger partial charge is 0.464 e. The van der Waals surface area contributed by atoms with Gasteiger partial charge in [0.15, 0.2) is 5.82 Å². The lowest BCUT2D eigenvalue weighted by molar-refractivity contribution is -0.0503. The van der Waals surface area contributed by atoms with Crippen LogP contribution in [0.5, 0.6) is 5.75 Å². The van der Waals surface area contributed by atoms with Crippen molar-refractivity contribution in [1.29, 1.82) is 0 Å². The first-order chi connectivity index (χ1) is 14.8. The number of alkyl halides is 2. The van der Waals surface area contributed by atoms with Crippen molar-refractivity contribution in [2.24, 2.45) is 7.05 Å². The van der Waals surface area contributed by atoms with Gasteiger partial charge < -0.3 is 19.3 Å². The molecule has 0 aliphatic carbocycles. The third-order valence-corrected chi connectivity index (χ3v) is 4.70. The number of methoxy groups -OCH3 is 1. The van der Waals surface area contributed by atoms with Gasteiger partial charge in [0.2, 0.25) is 0 Å². The van der Waals surface area contributed by atoms with E-state index in [9.17, 15) is 23.2 Å². The average Bonchev–Trinajstić information content (AvgIpc) is 3.12. The molecule has 0 atom stereocenters. The molecule has 1 aromatic heterocycles. The second-order valence-electron chi connectivity index (χ2n) is 6.61. The van der Waals surface area contributed by atoms with Gasteiger partial charge in [-0.1, -0.05) is 12.1 Å². The summed E-state index contributed by atoms with van der Waals surface area (Å²) in [6.07, 6.45) is 0. The highest BCUT2D eigenvalue weighted by molar-refractivity contribution is 5.97. The van der Waals surface area contributed by atoms with Crippen LogP contribution in [0.2, 0.25) is 0 Å². The number of anilines is 1. The van der Waals surface area contributed by atoms with Gasteiger partial charge in [-0.05, 0) is 12.1 Å². The third-order valence-electron chi connectivity index (χ3n) is 4.70. The van der Waals surface area contributed by atoms with E-state index in [1.165, 1.54) is 45.9 Å². The highest BCUT2D eigenvalue weighted by Crippen LogP contribution is 2.22. The fraction of sp³-hybridized carbons (Fsp3) is 0.368. The van der Waals surface area contributed by atoms with Crippen molar-refractivity contribution in [3.05, 3.63) is 41.6 Å². The first-order valence-corrected chi connectivity index (χ1v) is 9.31. The topological polar surface area (TPSA) is 106 Å². The Balaban J connectivity index is 1.59. The Kier molecular flexibility index (Phi) is 6.68. The number of carbonyl (C=O) groups excluding carboxylic acids is 3. The Bertz CT molecular complexity index is 972. The zero-order valence-corrected chi connectivity index (χ0v) is 16.9. The first-order valence-electron chi connectivity index (χ1n) is 9.31. The number of para-hydroxylation sites is 1. The molecule has 0 unspecified atom stereocenters. The number of hydrogen-bond acceptors (Lipinski definition) is 6. The van der Waals surface area contributed by atoms with E-state index in [1.807, 2.05) is 0 Å². The summed E-state index contributed by atoms with van der Waals surface area (Å²) in [5.41, 5.74) is 0.211. The van der Waals surface area contributed by atoms with Crippen molar-refractivity contribution in [3.8, 4) is 5.75 Å². The molecule has 0 spiro atoms. The fourth-order valence-corrected chi connectivity index (χ4v) is 3.14. The molecule has 1 aliphatic heterocycles. The molecule has 0 bridgehead atoms. The Morgan fingerprint density at radius 2 is 1.74 bits per heavy atom. The van der Waals surface area contributed by atoms with E-state index in [2.05, 4.69) is 19.9 Å². The van der Waals surface area contributed by atoms with Gasteiger partial charge in [0.1, 0.15) is 11.4 Å². The highest BCUT2D eigenvalue weighted by Gasteiger charge is 2.27. The van der Waals surface area contributed by atoms with Crippen molar-refractivity contribution in [3.63, 3.8) is 0 Å². The number of piperazine rings is 1. The van der Waals surface area contributed by atoms with E-state index in [0.29, 0.717) is 0 Å². The van der Waals surface area contributed by atoms with Crippen molar-refractivity contribution in [2.75, 3.05) is 38.6 Å². The lowest BCUT2D eigenvalue weighted by atomic mass is 10.1. The van der Waals surface area contributed by atoms with Crippen LogP contribution in [-0.2, 0) is 11.8 Å². The van der Waals surface area contributed by atoms with E-state index in [0.717, 1.165) is 0 Å². The Hall–Kier alpha value is -3.70. The molecule has 166 valence electrons. The molecule has 12 heteroatoms. The van der Waals surface area contributed by atoms with Gasteiger partial charge in [-0.15, -0.1) is 0 Å². The van der Waals surface area contributed by atoms with Crippen molar-refractivity contribution in [2.45, 2.75) is 6.61 Å². The van der Waals surface area contributed by atoms with Crippen molar-refractivity contribution >= 4 is 23.7 Å². The van der Waals surface area contributed by atoms with Crippen LogP contribution in [0, 0.1) is 0 Å². The number of rotatable bonds is 5. The molecule has 0 radical (unpaired) electrons. The summed E-state index contributed by atoms with van der Waals surface area (Å²) < 4.78 is 35.5. The maximum absolute atomic E-state index is 12.7. The van der Waals surface area contributed by atoms with Crippen molar-refractivity contribution in [1.82, 2.24) is 19.6 Å². The predicted molar refractivity (Wildman–Crippen MR) is 104 cm³/mol. The normalized spacial score (nSPS) is 13.8. The van der Waals surface area contributed by atoms with Crippen LogP contribution in [-0.4, -0.2) is 77.4 Å². The van der Waals surface area contributed by atoms with E-state index >= 15 is 0 Å². The number of amides is 3. The maximum Gasteiger partial charge on any atom is 0.387 e. The summed E-state index contributed by atoms with van der Waals surface area (Å²) >= 11 is 0. The molecule has 1 aliphatic rings. The number of hydrogen-bond donors (Lipinski definition) is 1. The Morgan fingerprint density at radius 1 is 1.10 bits per heavy atom. The molecule has 10 nitrogen and oxygen atoms in total. The second kappa shape index (κ2) is 9.41. The number of aryl methyl sites for hydroxylation is 1. The molecule has 2 aromatic rings. The van der Waals surface area contributed by atoms with Crippen LogP contribution in [0.15, 0.2) is 30.3 Å². The van der Waals surface area contributed by atoms with Gasteiger partial charge in [0, 0.05) is 39.3 Å². The van der Waals surface area contributed by atoms with Crippen LogP contribution >= 0.6 is 0 Å². The minimum Gasteiger partial charge on any atom is -0.464 e. The number of esters is 1. The molecule has 1 saturated heterocycles. The number of aromatic nitrogens is 2. The SMILES string of the molecule is COC(=O)c1cc(NC(=O)N2CCN(C(=O)c3ccccc3OC(F)F)CC2)nn1C. The zero-order valence-electron chi connectivity index (χ0n) is 16.9.